The van der Waals surface area contributed by atoms with E-state index in [-0.39, 0.29) is 11.5 Å². The Balaban J connectivity index is 1.61. The summed E-state index contributed by atoms with van der Waals surface area (Å²) >= 11 is 0. The molecule has 3 aromatic rings. The minimum absolute atomic E-state index is 0.220. The number of nitrogens with one attached hydrogen (secondary N) is 1. The number of aryl methyl sites for hydroxylation is 3. The molecule has 1 N–H and O–H groups in total. The highest BCUT2D eigenvalue weighted by atomic mass is 19.1. The van der Waals surface area contributed by atoms with E-state index in [0.29, 0.717) is 18.7 Å². The Bertz CT molecular complexity index is 971. The van der Waals surface area contributed by atoms with E-state index in [1.165, 1.54) is 17.1 Å². The van der Waals surface area contributed by atoms with Gasteiger partial charge in [-0.3, -0.25) is 9.48 Å². The Kier molecular flexibility index (Phi) is 5.44. The first-order valence-electron chi connectivity index (χ1n) is 8.62. The van der Waals surface area contributed by atoms with Crippen LogP contribution in [0.2, 0.25) is 0 Å². The summed E-state index contributed by atoms with van der Waals surface area (Å²) in [6, 6.07) is 9.22. The number of hydrogen-bond donors (Lipinski definition) is 1. The van der Waals surface area contributed by atoms with Crippen molar-refractivity contribution in [2.24, 2.45) is 5.10 Å². The summed E-state index contributed by atoms with van der Waals surface area (Å²) in [6.45, 7) is 6.82. The average molecular weight is 368 g/mol. The van der Waals surface area contributed by atoms with E-state index in [4.69, 9.17) is 0 Å². The first kappa shape index (κ1) is 18.5. The van der Waals surface area contributed by atoms with Gasteiger partial charge in [-0.05, 0) is 44.5 Å². The molecule has 3 rings (SSSR count). The molecule has 0 fully saturated rings. The number of aromatic nitrogens is 4. The van der Waals surface area contributed by atoms with Crippen molar-refractivity contribution in [3.05, 3.63) is 70.6 Å². The molecule has 0 atom stereocenters. The first-order valence-corrected chi connectivity index (χ1v) is 8.62. The second-order valence-corrected chi connectivity index (χ2v) is 6.19. The van der Waals surface area contributed by atoms with Crippen LogP contribution in [-0.2, 0) is 13.1 Å². The first-order chi connectivity index (χ1) is 13.0. The van der Waals surface area contributed by atoms with Gasteiger partial charge < -0.3 is 0 Å². The number of hydrogen-bond acceptors (Lipinski definition) is 4. The molecule has 0 radical (unpaired) electrons. The lowest BCUT2D eigenvalue weighted by Gasteiger charge is -2.06. The molecule has 0 saturated heterocycles. The lowest BCUT2D eigenvalue weighted by Crippen LogP contribution is -2.17. The highest BCUT2D eigenvalue weighted by Gasteiger charge is 2.08. The number of carbonyl (C=O) groups excluding carboxylic acids is 1. The standard InChI is InChI=1S/C19H21FN6O/c1-4-25-18(20)17(11-22-25)10-21-23-19(27)16-7-5-15(6-8-16)12-26-14(3)9-13(2)24-26/h5-11H,4,12H2,1-3H3,(H,23,27)/b21-10-. The third-order valence-corrected chi connectivity index (χ3v) is 4.12. The molecule has 8 heteroatoms. The van der Waals surface area contributed by atoms with Crippen molar-refractivity contribution in [2.45, 2.75) is 33.9 Å². The van der Waals surface area contributed by atoms with Crippen LogP contribution in [-0.4, -0.2) is 31.7 Å². The van der Waals surface area contributed by atoms with E-state index >= 15 is 0 Å². The quantitative estimate of drug-likeness (QED) is 0.537. The molecule has 2 heterocycles. The van der Waals surface area contributed by atoms with Gasteiger partial charge in [0.15, 0.2) is 0 Å². The normalized spacial score (nSPS) is 11.3. The molecule has 0 aliphatic heterocycles. The molecule has 0 spiro atoms. The van der Waals surface area contributed by atoms with Crippen LogP contribution >= 0.6 is 0 Å². The monoisotopic (exact) mass is 368 g/mol. The van der Waals surface area contributed by atoms with E-state index in [1.54, 1.807) is 19.1 Å². The van der Waals surface area contributed by atoms with Crippen LogP contribution < -0.4 is 5.43 Å². The summed E-state index contributed by atoms with van der Waals surface area (Å²) in [6.07, 6.45) is 2.60. The van der Waals surface area contributed by atoms with Crippen LogP contribution in [0.15, 0.2) is 41.6 Å². The van der Waals surface area contributed by atoms with Gasteiger partial charge in [-0.1, -0.05) is 12.1 Å². The molecule has 140 valence electrons. The molecule has 27 heavy (non-hydrogen) atoms. The zero-order valence-electron chi connectivity index (χ0n) is 15.5. The maximum atomic E-state index is 13.8. The fraction of sp³-hybridized carbons (Fsp3) is 0.263. The van der Waals surface area contributed by atoms with Gasteiger partial charge in [-0.25, -0.2) is 10.1 Å². The van der Waals surface area contributed by atoms with Gasteiger partial charge >= 0.3 is 0 Å². The summed E-state index contributed by atoms with van der Waals surface area (Å²) in [5.41, 5.74) is 6.18. The lowest BCUT2D eigenvalue weighted by atomic mass is 10.1. The molecule has 7 nitrogen and oxygen atoms in total. The Morgan fingerprint density at radius 2 is 2.00 bits per heavy atom. The van der Waals surface area contributed by atoms with Crippen LogP contribution in [0, 0.1) is 19.8 Å². The second kappa shape index (κ2) is 7.94. The summed E-state index contributed by atoms with van der Waals surface area (Å²) < 4.78 is 17.0. The Morgan fingerprint density at radius 3 is 2.59 bits per heavy atom. The van der Waals surface area contributed by atoms with Crippen LogP contribution in [0.4, 0.5) is 4.39 Å². The van der Waals surface area contributed by atoms with Crippen molar-refractivity contribution in [1.29, 1.82) is 0 Å². The van der Waals surface area contributed by atoms with Crippen molar-refractivity contribution < 1.29 is 9.18 Å². The number of benzene rings is 1. The maximum absolute atomic E-state index is 13.8. The van der Waals surface area contributed by atoms with Gasteiger partial charge in [0.25, 0.3) is 5.91 Å². The van der Waals surface area contributed by atoms with Crippen molar-refractivity contribution in [3.63, 3.8) is 0 Å². The number of carbonyl (C=O) groups is 1. The number of rotatable bonds is 6. The molecule has 0 unspecified atom stereocenters. The zero-order valence-corrected chi connectivity index (χ0v) is 15.5. The van der Waals surface area contributed by atoms with Crippen LogP contribution in [0.25, 0.3) is 0 Å². The molecule has 0 aliphatic carbocycles. The summed E-state index contributed by atoms with van der Waals surface area (Å²) in [4.78, 5) is 12.2. The maximum Gasteiger partial charge on any atom is 0.271 e. The molecular formula is C19H21FN6O. The molecule has 1 amide bonds. The SMILES string of the molecule is CCn1ncc(/C=N\NC(=O)c2ccc(Cn3nc(C)cc3C)cc2)c1F. The van der Waals surface area contributed by atoms with Crippen molar-refractivity contribution in [2.75, 3.05) is 0 Å². The molecule has 2 aromatic heterocycles. The van der Waals surface area contributed by atoms with E-state index < -0.39 is 5.95 Å². The highest BCUT2D eigenvalue weighted by Crippen LogP contribution is 2.09. The molecular weight excluding hydrogens is 347 g/mol. The molecule has 0 aliphatic rings. The third kappa shape index (κ3) is 4.28. The van der Waals surface area contributed by atoms with Crippen LogP contribution in [0.3, 0.4) is 0 Å². The minimum Gasteiger partial charge on any atom is -0.267 e. The van der Waals surface area contributed by atoms with Crippen molar-refractivity contribution in [1.82, 2.24) is 25.0 Å². The Morgan fingerprint density at radius 1 is 1.26 bits per heavy atom. The van der Waals surface area contributed by atoms with E-state index in [9.17, 15) is 9.18 Å². The molecule has 0 saturated carbocycles. The number of halogens is 1. The summed E-state index contributed by atoms with van der Waals surface area (Å²) in [5, 5.41) is 12.1. The van der Waals surface area contributed by atoms with Gasteiger partial charge in [0.05, 0.1) is 30.2 Å². The largest absolute Gasteiger partial charge is 0.271 e. The summed E-state index contributed by atoms with van der Waals surface area (Å²) in [7, 11) is 0. The topological polar surface area (TPSA) is 77.1 Å². The number of nitrogens with zero attached hydrogens (tertiary/aromatic N) is 5. The van der Waals surface area contributed by atoms with Gasteiger partial charge in [0.1, 0.15) is 0 Å². The van der Waals surface area contributed by atoms with Gasteiger partial charge in [-0.2, -0.15) is 19.7 Å². The average Bonchev–Trinajstić information content (AvgIpc) is 3.16. The van der Waals surface area contributed by atoms with Gasteiger partial charge in [-0.15, -0.1) is 0 Å². The van der Waals surface area contributed by atoms with Crippen LogP contribution in [0.5, 0.6) is 0 Å². The molecule has 1 aromatic carbocycles. The van der Waals surface area contributed by atoms with E-state index in [1.807, 2.05) is 36.7 Å². The fourth-order valence-electron chi connectivity index (χ4n) is 2.69. The lowest BCUT2D eigenvalue weighted by molar-refractivity contribution is 0.0955. The predicted molar refractivity (Wildman–Crippen MR) is 100 cm³/mol. The minimum atomic E-state index is -0.482. The predicted octanol–water partition coefficient (Wildman–Crippen LogP) is 2.67. The van der Waals surface area contributed by atoms with E-state index in [0.717, 1.165) is 17.0 Å². The highest BCUT2D eigenvalue weighted by molar-refractivity contribution is 5.94. The number of hydrazone groups is 1. The Hall–Kier alpha value is -3.29. The second-order valence-electron chi connectivity index (χ2n) is 6.19. The van der Waals surface area contributed by atoms with E-state index in [2.05, 4.69) is 20.7 Å². The van der Waals surface area contributed by atoms with Gasteiger partial charge in [0, 0.05) is 17.8 Å². The van der Waals surface area contributed by atoms with Crippen molar-refractivity contribution >= 4 is 12.1 Å². The fourth-order valence-corrected chi connectivity index (χ4v) is 2.69. The molecule has 0 bridgehead atoms. The van der Waals surface area contributed by atoms with Crippen molar-refractivity contribution in [3.8, 4) is 0 Å². The van der Waals surface area contributed by atoms with Crippen LogP contribution in [0.1, 0.15) is 39.8 Å². The zero-order chi connectivity index (χ0) is 19.4. The number of amides is 1. The Labute approximate surface area is 156 Å². The smallest absolute Gasteiger partial charge is 0.267 e. The van der Waals surface area contributed by atoms with Gasteiger partial charge in [0.2, 0.25) is 5.95 Å². The summed E-state index contributed by atoms with van der Waals surface area (Å²) in [5.74, 6) is -0.851. The third-order valence-electron chi connectivity index (χ3n) is 4.12.